The number of aliphatic hydroxyl groups excluding tert-OH is 1. The summed E-state index contributed by atoms with van der Waals surface area (Å²) in [4.78, 5) is 9.64. The van der Waals surface area contributed by atoms with Gasteiger partial charge in [-0.3, -0.25) is 4.79 Å². The molecule has 0 radical (unpaired) electrons. The predicted molar refractivity (Wildman–Crippen MR) is 37.6 cm³/mol. The lowest BCUT2D eigenvalue weighted by molar-refractivity contribution is -0.142. The van der Waals surface area contributed by atoms with Crippen molar-refractivity contribution in [3.05, 3.63) is 24.7 Å². The van der Waals surface area contributed by atoms with E-state index in [0.29, 0.717) is 0 Å². The molecule has 4 heteroatoms. The van der Waals surface area contributed by atoms with Crippen LogP contribution in [0.4, 0.5) is 0 Å². The first-order valence-electron chi connectivity index (χ1n) is 2.98. The van der Waals surface area contributed by atoms with Crippen LogP contribution < -0.4 is 0 Å². The Labute approximate surface area is 64.1 Å². The summed E-state index contributed by atoms with van der Waals surface area (Å²) in [5.41, 5.74) is 0. The molecule has 4 nitrogen and oxygen atoms in total. The van der Waals surface area contributed by atoms with Gasteiger partial charge in [-0.1, -0.05) is 0 Å². The van der Waals surface area contributed by atoms with Crippen molar-refractivity contribution < 1.29 is 19.4 Å². The average molecular weight is 158 g/mol. The number of carbonyl (C=O) groups excluding carboxylic acids is 1. The molecule has 0 aliphatic heterocycles. The second-order valence-corrected chi connectivity index (χ2v) is 1.78. The van der Waals surface area contributed by atoms with Crippen LogP contribution in [0.3, 0.4) is 0 Å². The van der Waals surface area contributed by atoms with Crippen molar-refractivity contribution in [1.29, 1.82) is 0 Å². The maximum Gasteiger partial charge on any atom is 0.212 e. The second kappa shape index (κ2) is 5.64. The maximum absolute atomic E-state index is 9.64. The molecule has 2 N–H and O–H groups in total. The molecule has 11 heavy (non-hydrogen) atoms. The molecule has 1 heterocycles. The predicted octanol–water partition coefficient (Wildman–Crippen LogP) is 0.166. The van der Waals surface area contributed by atoms with E-state index in [1.165, 1.54) is 0 Å². The van der Waals surface area contributed by atoms with E-state index in [1.54, 1.807) is 12.5 Å². The minimum absolute atomic E-state index is 0.630. The van der Waals surface area contributed by atoms with Gasteiger partial charge >= 0.3 is 0 Å². The highest BCUT2D eigenvalue weighted by Gasteiger charge is 1.99. The third-order valence-electron chi connectivity index (χ3n) is 0.789. The lowest BCUT2D eigenvalue weighted by Crippen LogP contribution is -2.14. The molecule has 0 atom stereocenters. The smallest absolute Gasteiger partial charge is 0.212 e. The molecule has 0 bridgehead atoms. The molecular weight excluding hydrogens is 148 g/mol. The Balaban J connectivity index is 0.000000183. The summed E-state index contributed by atoms with van der Waals surface area (Å²) in [6, 6.07) is 3.67. The highest BCUT2D eigenvalue weighted by atomic mass is 16.5. The number of furan rings is 1. The summed E-state index contributed by atoms with van der Waals surface area (Å²) in [6.07, 6.45) is 1.46. The van der Waals surface area contributed by atoms with Crippen LogP contribution in [0.15, 0.2) is 29.1 Å². The van der Waals surface area contributed by atoms with Gasteiger partial charge in [0.15, 0.2) is 5.78 Å². The van der Waals surface area contributed by atoms with Crippen LogP contribution in [0.2, 0.25) is 0 Å². The summed E-state index contributed by atoms with van der Waals surface area (Å²) in [6.45, 7) is 1.10. The summed E-state index contributed by atoms with van der Waals surface area (Å²) < 4.78 is 4.58. The van der Waals surface area contributed by atoms with Crippen LogP contribution in [0.1, 0.15) is 6.92 Å². The van der Waals surface area contributed by atoms with Gasteiger partial charge in [0.2, 0.25) is 6.29 Å². The van der Waals surface area contributed by atoms with Crippen LogP contribution >= 0.6 is 0 Å². The first kappa shape index (κ1) is 9.87. The van der Waals surface area contributed by atoms with Gasteiger partial charge in [0, 0.05) is 0 Å². The van der Waals surface area contributed by atoms with Crippen molar-refractivity contribution in [3.63, 3.8) is 0 Å². The molecule has 62 valence electrons. The van der Waals surface area contributed by atoms with Crippen molar-refractivity contribution in [2.45, 2.75) is 13.2 Å². The summed E-state index contributed by atoms with van der Waals surface area (Å²) in [7, 11) is 0. The molecule has 0 unspecified atom stereocenters. The molecule has 1 rings (SSSR count). The Hall–Kier alpha value is -1.13. The fraction of sp³-hybridized carbons (Fsp3) is 0.286. The Morgan fingerprint density at radius 3 is 1.82 bits per heavy atom. The zero-order chi connectivity index (χ0) is 8.69. The van der Waals surface area contributed by atoms with Crippen LogP contribution in [-0.4, -0.2) is 22.3 Å². The number of hydrogen-bond acceptors (Lipinski definition) is 4. The molecule has 1 aromatic rings. The molecule has 0 fully saturated rings. The highest BCUT2D eigenvalue weighted by molar-refractivity contribution is 5.78. The van der Waals surface area contributed by atoms with Crippen LogP contribution in [0.5, 0.6) is 0 Å². The van der Waals surface area contributed by atoms with E-state index in [9.17, 15) is 4.79 Å². The van der Waals surface area contributed by atoms with E-state index in [0.717, 1.165) is 6.92 Å². The normalized spacial score (nSPS) is 8.73. The topological polar surface area (TPSA) is 70.7 Å². The Kier molecular flexibility index (Phi) is 5.06. The zero-order valence-electron chi connectivity index (χ0n) is 6.10. The zero-order valence-corrected chi connectivity index (χ0v) is 6.10. The number of rotatable bonds is 1. The van der Waals surface area contributed by atoms with Gasteiger partial charge < -0.3 is 14.6 Å². The fourth-order valence-electron chi connectivity index (χ4n) is 0.227. The molecule has 0 aliphatic carbocycles. The van der Waals surface area contributed by atoms with E-state index in [4.69, 9.17) is 10.2 Å². The number of Topliss-reactive ketones (excluding diaryl/α,β-unsaturated/α-hetero) is 1. The quantitative estimate of drug-likeness (QED) is 0.571. The Morgan fingerprint density at radius 2 is 1.73 bits per heavy atom. The molecule has 0 amide bonds. The van der Waals surface area contributed by atoms with E-state index >= 15 is 0 Å². The molecule has 0 spiro atoms. The van der Waals surface area contributed by atoms with Crippen molar-refractivity contribution in [1.82, 2.24) is 0 Å². The van der Waals surface area contributed by atoms with Crippen LogP contribution in [0, 0.1) is 0 Å². The first-order chi connectivity index (χ1) is 5.14. The molecule has 0 saturated carbocycles. The van der Waals surface area contributed by atoms with E-state index in [2.05, 4.69) is 4.42 Å². The van der Waals surface area contributed by atoms with Gasteiger partial charge in [-0.05, 0) is 19.1 Å². The number of hydrogen-bond donors (Lipinski definition) is 2. The lowest BCUT2D eigenvalue weighted by atomic mass is 10.4. The minimum atomic E-state index is -1.79. The monoisotopic (exact) mass is 158 g/mol. The maximum atomic E-state index is 9.64. The van der Waals surface area contributed by atoms with Crippen molar-refractivity contribution in [2.24, 2.45) is 0 Å². The van der Waals surface area contributed by atoms with E-state index < -0.39 is 12.1 Å². The van der Waals surface area contributed by atoms with Crippen LogP contribution in [0.25, 0.3) is 0 Å². The third kappa shape index (κ3) is 6.76. The van der Waals surface area contributed by atoms with Crippen molar-refractivity contribution >= 4 is 5.78 Å². The fourth-order valence-corrected chi connectivity index (χ4v) is 0.227. The van der Waals surface area contributed by atoms with Gasteiger partial charge in [0.25, 0.3) is 0 Å². The Bertz CT molecular complexity index is 161. The summed E-state index contributed by atoms with van der Waals surface area (Å²) in [5.74, 6) is -0.630. The van der Waals surface area contributed by atoms with Gasteiger partial charge in [-0.25, -0.2) is 0 Å². The lowest BCUT2D eigenvalue weighted by Gasteiger charge is -1.90. The molecular formula is C7H10O4. The average Bonchev–Trinajstić information content (AvgIpc) is 2.41. The van der Waals surface area contributed by atoms with Crippen molar-refractivity contribution in [2.75, 3.05) is 0 Å². The standard InChI is InChI=1S/C4H4O.C3H6O3/c1-2-4-5-3-1;1-2(4)3(5)6/h1-4H;3,5-6H,1H3. The Morgan fingerprint density at radius 1 is 1.36 bits per heavy atom. The number of carbonyl (C=O) groups is 1. The van der Waals surface area contributed by atoms with E-state index in [1.807, 2.05) is 12.1 Å². The third-order valence-corrected chi connectivity index (χ3v) is 0.789. The summed E-state index contributed by atoms with van der Waals surface area (Å²) >= 11 is 0. The van der Waals surface area contributed by atoms with Crippen molar-refractivity contribution in [3.8, 4) is 0 Å². The minimum Gasteiger partial charge on any atom is -0.473 e. The van der Waals surface area contributed by atoms with Gasteiger partial charge in [-0.2, -0.15) is 0 Å². The highest BCUT2D eigenvalue weighted by Crippen LogP contribution is 1.79. The largest absolute Gasteiger partial charge is 0.473 e. The van der Waals surface area contributed by atoms with Crippen LogP contribution in [-0.2, 0) is 4.79 Å². The number of ketones is 1. The SMILES string of the molecule is CC(=O)C(O)O.c1ccoc1. The first-order valence-corrected chi connectivity index (χ1v) is 2.98. The second-order valence-electron chi connectivity index (χ2n) is 1.78. The van der Waals surface area contributed by atoms with Gasteiger partial charge in [0.05, 0.1) is 12.5 Å². The molecule has 1 aromatic heterocycles. The van der Waals surface area contributed by atoms with Gasteiger partial charge in [-0.15, -0.1) is 0 Å². The van der Waals surface area contributed by atoms with Gasteiger partial charge in [0.1, 0.15) is 0 Å². The molecule has 0 aromatic carbocycles. The molecule has 0 saturated heterocycles. The summed E-state index contributed by atoms with van der Waals surface area (Å²) in [5, 5.41) is 15.7. The van der Waals surface area contributed by atoms with E-state index in [-0.39, 0.29) is 0 Å². The number of aliphatic hydroxyl groups is 2. The molecule has 0 aliphatic rings.